The van der Waals surface area contributed by atoms with Crippen LogP contribution in [0.25, 0.3) is 0 Å². The first kappa shape index (κ1) is 13.7. The van der Waals surface area contributed by atoms with E-state index < -0.39 is 0 Å². The normalized spacial score (nSPS) is 14.3. The summed E-state index contributed by atoms with van der Waals surface area (Å²) in [5, 5.41) is 6.35. The van der Waals surface area contributed by atoms with E-state index in [1.807, 2.05) is 42.5 Å². The summed E-state index contributed by atoms with van der Waals surface area (Å²) in [4.78, 5) is 11.9. The number of hydrogen-bond donors (Lipinski definition) is 2. The van der Waals surface area contributed by atoms with E-state index in [-0.39, 0.29) is 11.8 Å². The van der Waals surface area contributed by atoms with Crippen LogP contribution in [0, 0.1) is 5.92 Å². The van der Waals surface area contributed by atoms with E-state index in [1.54, 1.807) is 0 Å². The van der Waals surface area contributed by atoms with Gasteiger partial charge in [-0.2, -0.15) is 0 Å². The maximum Gasteiger partial charge on any atom is 0.227 e. The van der Waals surface area contributed by atoms with Crippen LogP contribution in [0.3, 0.4) is 0 Å². The van der Waals surface area contributed by atoms with Crippen molar-refractivity contribution in [2.24, 2.45) is 5.92 Å². The number of amides is 1. The Labute approximate surface area is 125 Å². The minimum absolute atomic E-state index is 0.159. The molecule has 2 aromatic carbocycles. The van der Waals surface area contributed by atoms with E-state index in [4.69, 9.17) is 0 Å². The average Bonchev–Trinajstić information content (AvgIpc) is 2.46. The summed E-state index contributed by atoms with van der Waals surface area (Å²) < 4.78 is 0. The summed E-state index contributed by atoms with van der Waals surface area (Å²) in [7, 11) is 0. The molecular formula is C18H20N2O. The lowest BCUT2D eigenvalue weighted by atomic mass is 9.85. The molecule has 0 unspecified atom stereocenters. The van der Waals surface area contributed by atoms with Gasteiger partial charge in [0.05, 0.1) is 0 Å². The minimum Gasteiger partial charge on any atom is -0.381 e. The Bertz CT molecular complexity index is 588. The molecule has 3 nitrogen and oxygen atoms in total. The fraction of sp³-hybridized carbons (Fsp3) is 0.278. The third-order valence-corrected chi connectivity index (χ3v) is 3.97. The second kappa shape index (κ2) is 6.44. The lowest BCUT2D eigenvalue weighted by Crippen LogP contribution is -2.27. The Kier molecular flexibility index (Phi) is 4.20. The van der Waals surface area contributed by atoms with Crippen LogP contribution in [-0.4, -0.2) is 5.91 Å². The van der Waals surface area contributed by atoms with Gasteiger partial charge in [-0.1, -0.05) is 36.8 Å². The van der Waals surface area contributed by atoms with Crippen molar-refractivity contribution in [2.45, 2.75) is 25.8 Å². The van der Waals surface area contributed by atoms with E-state index in [2.05, 4.69) is 22.8 Å². The highest BCUT2D eigenvalue weighted by molar-refractivity contribution is 5.93. The second-order valence-electron chi connectivity index (χ2n) is 5.53. The van der Waals surface area contributed by atoms with Gasteiger partial charge in [0.1, 0.15) is 0 Å². The number of rotatable bonds is 5. The number of carbonyl (C=O) groups excluding carboxylic acids is 1. The number of anilines is 2. The highest BCUT2D eigenvalue weighted by Gasteiger charge is 2.24. The van der Waals surface area contributed by atoms with Crippen LogP contribution in [0.15, 0.2) is 54.6 Å². The lowest BCUT2D eigenvalue weighted by Gasteiger charge is -2.24. The Morgan fingerprint density at radius 1 is 0.952 bits per heavy atom. The first-order valence-corrected chi connectivity index (χ1v) is 7.50. The minimum atomic E-state index is 0.159. The van der Waals surface area contributed by atoms with Gasteiger partial charge >= 0.3 is 0 Å². The van der Waals surface area contributed by atoms with Crippen molar-refractivity contribution in [3.63, 3.8) is 0 Å². The zero-order valence-electron chi connectivity index (χ0n) is 12.0. The predicted octanol–water partition coefficient (Wildman–Crippen LogP) is 4.04. The molecule has 21 heavy (non-hydrogen) atoms. The van der Waals surface area contributed by atoms with Gasteiger partial charge in [0.15, 0.2) is 0 Å². The molecule has 0 bridgehead atoms. The molecule has 1 fully saturated rings. The van der Waals surface area contributed by atoms with Crippen LogP contribution < -0.4 is 10.6 Å². The summed E-state index contributed by atoms with van der Waals surface area (Å²) in [5.41, 5.74) is 3.18. The number of hydrogen-bond acceptors (Lipinski definition) is 2. The molecular weight excluding hydrogens is 260 g/mol. The molecule has 1 saturated carbocycles. The molecule has 2 N–H and O–H groups in total. The first-order chi connectivity index (χ1) is 10.3. The number of carbonyl (C=O) groups is 1. The van der Waals surface area contributed by atoms with Crippen LogP contribution in [0.1, 0.15) is 24.8 Å². The van der Waals surface area contributed by atoms with Crippen molar-refractivity contribution in [2.75, 3.05) is 10.6 Å². The van der Waals surface area contributed by atoms with Gasteiger partial charge in [0.2, 0.25) is 5.91 Å². The first-order valence-electron chi connectivity index (χ1n) is 7.50. The average molecular weight is 280 g/mol. The second-order valence-corrected chi connectivity index (χ2v) is 5.53. The summed E-state index contributed by atoms with van der Waals surface area (Å²) in [6, 6.07) is 18.2. The summed E-state index contributed by atoms with van der Waals surface area (Å²) >= 11 is 0. The molecule has 3 rings (SSSR count). The third kappa shape index (κ3) is 3.63. The molecule has 1 aliphatic carbocycles. The summed E-state index contributed by atoms with van der Waals surface area (Å²) in [6.07, 6.45) is 3.24. The van der Waals surface area contributed by atoms with Crippen molar-refractivity contribution >= 4 is 17.3 Å². The zero-order chi connectivity index (χ0) is 14.5. The van der Waals surface area contributed by atoms with Crippen molar-refractivity contribution < 1.29 is 4.79 Å². The van der Waals surface area contributed by atoms with E-state index in [0.29, 0.717) is 0 Å². The van der Waals surface area contributed by atoms with Crippen LogP contribution in [-0.2, 0) is 11.3 Å². The van der Waals surface area contributed by atoms with Gasteiger partial charge in [-0.3, -0.25) is 4.79 Å². The van der Waals surface area contributed by atoms with Crippen LogP contribution in [0.5, 0.6) is 0 Å². The largest absolute Gasteiger partial charge is 0.381 e. The standard InChI is InChI=1S/C18H20N2O/c21-18(15-7-4-8-15)20-17-11-9-16(10-12-17)19-13-14-5-2-1-3-6-14/h1-3,5-6,9-12,15,19H,4,7-8,13H2,(H,20,21). The monoisotopic (exact) mass is 280 g/mol. The highest BCUT2D eigenvalue weighted by Crippen LogP contribution is 2.27. The molecule has 0 radical (unpaired) electrons. The number of benzene rings is 2. The molecule has 0 aromatic heterocycles. The summed E-state index contributed by atoms with van der Waals surface area (Å²) in [6.45, 7) is 0.800. The smallest absolute Gasteiger partial charge is 0.227 e. The van der Waals surface area contributed by atoms with Gasteiger partial charge in [-0.25, -0.2) is 0 Å². The molecule has 0 atom stereocenters. The van der Waals surface area contributed by atoms with Gasteiger partial charge in [0.25, 0.3) is 0 Å². The molecule has 1 aliphatic rings. The quantitative estimate of drug-likeness (QED) is 0.868. The Balaban J connectivity index is 1.52. The molecule has 2 aromatic rings. The van der Waals surface area contributed by atoms with Gasteiger partial charge in [0, 0.05) is 23.8 Å². The van der Waals surface area contributed by atoms with Crippen LogP contribution in [0.4, 0.5) is 11.4 Å². The maximum absolute atomic E-state index is 11.9. The molecule has 0 spiro atoms. The third-order valence-electron chi connectivity index (χ3n) is 3.97. The van der Waals surface area contributed by atoms with E-state index >= 15 is 0 Å². The molecule has 3 heteroatoms. The molecule has 0 heterocycles. The fourth-order valence-electron chi connectivity index (χ4n) is 2.39. The number of nitrogens with one attached hydrogen (secondary N) is 2. The van der Waals surface area contributed by atoms with Gasteiger partial charge in [-0.15, -0.1) is 0 Å². The Morgan fingerprint density at radius 3 is 2.24 bits per heavy atom. The highest BCUT2D eigenvalue weighted by atomic mass is 16.1. The summed E-state index contributed by atoms with van der Waals surface area (Å²) in [5.74, 6) is 0.382. The fourth-order valence-corrected chi connectivity index (χ4v) is 2.39. The molecule has 108 valence electrons. The van der Waals surface area contributed by atoms with E-state index in [1.165, 1.54) is 12.0 Å². The SMILES string of the molecule is O=C(Nc1ccc(NCc2ccccc2)cc1)C1CCC1. The predicted molar refractivity (Wildman–Crippen MR) is 86.2 cm³/mol. The van der Waals surface area contributed by atoms with Gasteiger partial charge in [-0.05, 0) is 42.7 Å². The maximum atomic E-state index is 11.9. The Hall–Kier alpha value is -2.29. The topological polar surface area (TPSA) is 41.1 Å². The molecule has 1 amide bonds. The van der Waals surface area contributed by atoms with Crippen LogP contribution in [0.2, 0.25) is 0 Å². The van der Waals surface area contributed by atoms with E-state index in [0.717, 1.165) is 30.8 Å². The molecule has 0 saturated heterocycles. The van der Waals surface area contributed by atoms with E-state index in [9.17, 15) is 4.79 Å². The zero-order valence-corrected chi connectivity index (χ0v) is 12.0. The lowest BCUT2D eigenvalue weighted by molar-refractivity contribution is -0.122. The molecule has 0 aliphatic heterocycles. The van der Waals surface area contributed by atoms with Crippen molar-refractivity contribution in [3.05, 3.63) is 60.2 Å². The van der Waals surface area contributed by atoms with Crippen molar-refractivity contribution in [1.29, 1.82) is 0 Å². The Morgan fingerprint density at radius 2 is 1.62 bits per heavy atom. The van der Waals surface area contributed by atoms with Crippen molar-refractivity contribution in [1.82, 2.24) is 0 Å². The van der Waals surface area contributed by atoms with Gasteiger partial charge < -0.3 is 10.6 Å². The van der Waals surface area contributed by atoms with Crippen LogP contribution >= 0.6 is 0 Å². The van der Waals surface area contributed by atoms with Crippen molar-refractivity contribution in [3.8, 4) is 0 Å².